The smallest absolute Gasteiger partial charge is 0.242 e. The third kappa shape index (κ3) is 6.73. The molecular formula is C28H30N4O2S. The van der Waals surface area contributed by atoms with Crippen molar-refractivity contribution in [3.05, 3.63) is 102 Å². The number of nitrogens with zero attached hydrogens (tertiary/aromatic N) is 1. The molecular weight excluding hydrogens is 456 g/mol. The molecule has 0 radical (unpaired) electrons. The van der Waals surface area contributed by atoms with E-state index in [4.69, 9.17) is 0 Å². The molecule has 0 saturated carbocycles. The van der Waals surface area contributed by atoms with E-state index in [9.17, 15) is 9.59 Å². The van der Waals surface area contributed by atoms with E-state index in [0.717, 1.165) is 27.6 Å². The van der Waals surface area contributed by atoms with Crippen LogP contribution in [0.2, 0.25) is 0 Å². The number of carbonyl (C=O) groups is 2. The van der Waals surface area contributed by atoms with E-state index in [2.05, 4.69) is 33.2 Å². The van der Waals surface area contributed by atoms with Crippen LogP contribution in [-0.2, 0) is 28.9 Å². The molecule has 3 N–H and O–H groups in total. The summed E-state index contributed by atoms with van der Waals surface area (Å²) >= 11 is 4.42. The van der Waals surface area contributed by atoms with Crippen molar-refractivity contribution >= 4 is 35.3 Å². The lowest BCUT2D eigenvalue weighted by Gasteiger charge is -2.22. The highest BCUT2D eigenvalue weighted by molar-refractivity contribution is 7.80. The molecule has 4 aromatic rings. The fraction of sp³-hybridized carbons (Fsp3) is 0.250. The molecule has 0 fully saturated rings. The zero-order valence-corrected chi connectivity index (χ0v) is 20.4. The number of aromatic nitrogens is 2. The molecule has 0 aliphatic rings. The van der Waals surface area contributed by atoms with Gasteiger partial charge in [0.15, 0.2) is 0 Å². The Labute approximate surface area is 211 Å². The number of fused-ring (bicyclic) bond motifs is 1. The van der Waals surface area contributed by atoms with E-state index in [1.807, 2.05) is 72.9 Å². The molecule has 4 rings (SSSR count). The molecule has 0 bridgehead atoms. The maximum absolute atomic E-state index is 13.2. The van der Waals surface area contributed by atoms with Crippen molar-refractivity contribution < 1.29 is 9.59 Å². The molecule has 35 heavy (non-hydrogen) atoms. The fourth-order valence-electron chi connectivity index (χ4n) is 4.16. The highest BCUT2D eigenvalue weighted by Gasteiger charge is 2.26. The van der Waals surface area contributed by atoms with Crippen molar-refractivity contribution in [2.24, 2.45) is 5.92 Å². The van der Waals surface area contributed by atoms with E-state index in [1.165, 1.54) is 0 Å². The summed E-state index contributed by atoms with van der Waals surface area (Å²) in [5.41, 5.74) is 4.15. The van der Waals surface area contributed by atoms with Crippen LogP contribution in [0.3, 0.4) is 0 Å². The van der Waals surface area contributed by atoms with Crippen LogP contribution in [-0.4, -0.2) is 40.1 Å². The number of carbonyl (C=O) groups excluding carboxylic acids is 2. The first-order chi connectivity index (χ1) is 17.1. The Bertz CT molecular complexity index is 1240. The second kappa shape index (κ2) is 12.2. The lowest BCUT2D eigenvalue weighted by molar-refractivity contribution is -0.130. The normalized spacial score (nSPS) is 12.7. The molecule has 6 nitrogen and oxygen atoms in total. The minimum absolute atomic E-state index is 0.169. The molecule has 2 aromatic heterocycles. The zero-order chi connectivity index (χ0) is 24.5. The number of para-hydroxylation sites is 1. The van der Waals surface area contributed by atoms with Gasteiger partial charge in [-0.05, 0) is 47.7 Å². The van der Waals surface area contributed by atoms with Crippen LogP contribution in [0, 0.1) is 5.92 Å². The molecule has 2 heterocycles. The number of thiol groups is 1. The largest absolute Gasteiger partial charge is 0.361 e. The van der Waals surface area contributed by atoms with Crippen LogP contribution in [0.25, 0.3) is 10.9 Å². The van der Waals surface area contributed by atoms with Crippen LogP contribution in [0.1, 0.15) is 16.7 Å². The molecule has 2 atom stereocenters. The molecule has 0 aliphatic carbocycles. The maximum Gasteiger partial charge on any atom is 0.242 e. The summed E-state index contributed by atoms with van der Waals surface area (Å²) in [5.74, 6) is -0.311. The summed E-state index contributed by atoms with van der Waals surface area (Å²) in [6.45, 7) is 0.475. The molecule has 0 spiro atoms. The second-order valence-corrected chi connectivity index (χ2v) is 8.96. The maximum atomic E-state index is 13.2. The van der Waals surface area contributed by atoms with E-state index < -0.39 is 6.04 Å². The van der Waals surface area contributed by atoms with Gasteiger partial charge < -0.3 is 15.6 Å². The summed E-state index contributed by atoms with van der Waals surface area (Å²) in [7, 11) is 0. The topological polar surface area (TPSA) is 86.9 Å². The average Bonchev–Trinajstić information content (AvgIpc) is 3.30. The van der Waals surface area contributed by atoms with Crippen molar-refractivity contribution in [1.82, 2.24) is 20.6 Å². The third-order valence-corrected chi connectivity index (χ3v) is 6.55. The van der Waals surface area contributed by atoms with Gasteiger partial charge in [0.05, 0.1) is 5.92 Å². The number of rotatable bonds is 11. The van der Waals surface area contributed by atoms with E-state index >= 15 is 0 Å². The van der Waals surface area contributed by atoms with Gasteiger partial charge >= 0.3 is 0 Å². The van der Waals surface area contributed by atoms with E-state index in [0.29, 0.717) is 31.6 Å². The van der Waals surface area contributed by atoms with Crippen LogP contribution in [0.4, 0.5) is 0 Å². The third-order valence-electron chi connectivity index (χ3n) is 6.11. The van der Waals surface area contributed by atoms with Gasteiger partial charge in [-0.25, -0.2) is 0 Å². The summed E-state index contributed by atoms with van der Waals surface area (Å²) in [5, 5.41) is 7.06. The Kier molecular flexibility index (Phi) is 8.57. The van der Waals surface area contributed by atoms with Crippen molar-refractivity contribution in [2.75, 3.05) is 12.3 Å². The standard InChI is InChI=1S/C28H30N4O2S/c33-27(23(19-35)16-21-6-2-1-3-7-21)32-26(17-22-18-31-25-9-5-4-8-24(22)25)28(34)30-15-12-20-10-13-29-14-11-20/h1-11,13-14,18,23,26,31,35H,12,15-17,19H2,(H,30,34)(H,32,33)/t23-,26-/m0/s1. The number of benzene rings is 2. The lowest BCUT2D eigenvalue weighted by Crippen LogP contribution is -2.50. The van der Waals surface area contributed by atoms with Gasteiger partial charge in [-0.1, -0.05) is 48.5 Å². The summed E-state index contributed by atoms with van der Waals surface area (Å²) < 4.78 is 0. The van der Waals surface area contributed by atoms with Crippen LogP contribution < -0.4 is 10.6 Å². The minimum atomic E-state index is -0.697. The van der Waals surface area contributed by atoms with E-state index in [-0.39, 0.29) is 17.7 Å². The monoisotopic (exact) mass is 486 g/mol. The summed E-state index contributed by atoms with van der Waals surface area (Å²) in [4.78, 5) is 33.7. The number of hydrogen-bond acceptors (Lipinski definition) is 4. The van der Waals surface area contributed by atoms with Crippen LogP contribution >= 0.6 is 12.6 Å². The SMILES string of the molecule is O=C(N[C@@H](Cc1c[nH]c2ccccc12)C(=O)NCCc1ccncc1)[C@H](CS)Cc1ccccc1. The molecule has 7 heteroatoms. The fourth-order valence-corrected chi connectivity index (χ4v) is 4.46. The first-order valence-electron chi connectivity index (χ1n) is 11.8. The van der Waals surface area contributed by atoms with Crippen molar-refractivity contribution in [2.45, 2.75) is 25.3 Å². The zero-order valence-electron chi connectivity index (χ0n) is 19.5. The number of pyridine rings is 1. The van der Waals surface area contributed by atoms with Crippen LogP contribution in [0.5, 0.6) is 0 Å². The van der Waals surface area contributed by atoms with Gasteiger partial charge in [0.1, 0.15) is 6.04 Å². The molecule has 180 valence electrons. The molecule has 2 aromatic carbocycles. The number of hydrogen-bond donors (Lipinski definition) is 4. The highest BCUT2D eigenvalue weighted by Crippen LogP contribution is 2.20. The van der Waals surface area contributed by atoms with Gasteiger partial charge in [0.2, 0.25) is 11.8 Å². The van der Waals surface area contributed by atoms with Crippen LogP contribution in [0.15, 0.2) is 85.3 Å². The van der Waals surface area contributed by atoms with Gasteiger partial charge in [-0.2, -0.15) is 12.6 Å². The summed E-state index contributed by atoms with van der Waals surface area (Å²) in [6, 6.07) is 21.0. The number of amides is 2. The Balaban J connectivity index is 1.47. The Morgan fingerprint density at radius 2 is 1.63 bits per heavy atom. The number of aromatic amines is 1. The Hall–Kier alpha value is -3.58. The minimum Gasteiger partial charge on any atom is -0.361 e. The lowest BCUT2D eigenvalue weighted by atomic mass is 9.98. The van der Waals surface area contributed by atoms with Crippen molar-refractivity contribution in [1.29, 1.82) is 0 Å². The number of nitrogens with one attached hydrogen (secondary N) is 3. The summed E-state index contributed by atoms with van der Waals surface area (Å²) in [6.07, 6.45) is 7.04. The first kappa shape index (κ1) is 24.5. The molecule has 0 saturated heterocycles. The molecule has 2 amide bonds. The second-order valence-electron chi connectivity index (χ2n) is 8.59. The number of H-pyrrole nitrogens is 1. The van der Waals surface area contributed by atoms with Gasteiger partial charge in [0, 0.05) is 48.2 Å². The highest BCUT2D eigenvalue weighted by atomic mass is 32.1. The van der Waals surface area contributed by atoms with Gasteiger partial charge in [-0.3, -0.25) is 14.6 Å². The Morgan fingerprint density at radius 1 is 0.886 bits per heavy atom. The predicted octanol–water partition coefficient (Wildman–Crippen LogP) is 3.74. The van der Waals surface area contributed by atoms with Crippen molar-refractivity contribution in [3.8, 4) is 0 Å². The van der Waals surface area contributed by atoms with Gasteiger partial charge in [-0.15, -0.1) is 0 Å². The first-order valence-corrected chi connectivity index (χ1v) is 12.4. The van der Waals surface area contributed by atoms with Gasteiger partial charge in [0.25, 0.3) is 0 Å². The molecule has 0 aliphatic heterocycles. The predicted molar refractivity (Wildman–Crippen MR) is 142 cm³/mol. The quantitative estimate of drug-likeness (QED) is 0.244. The Morgan fingerprint density at radius 3 is 2.40 bits per heavy atom. The molecule has 0 unspecified atom stereocenters. The van der Waals surface area contributed by atoms with E-state index in [1.54, 1.807) is 12.4 Å². The average molecular weight is 487 g/mol. The van der Waals surface area contributed by atoms with Crippen molar-refractivity contribution in [3.63, 3.8) is 0 Å².